The summed E-state index contributed by atoms with van der Waals surface area (Å²) >= 11 is 5.22. The van der Waals surface area contributed by atoms with Gasteiger partial charge in [-0.05, 0) is 23.6 Å². The molecule has 20 heavy (non-hydrogen) atoms. The highest BCUT2D eigenvalue weighted by Gasteiger charge is 2.30. The molecule has 1 aliphatic heterocycles. The third-order valence-corrected chi connectivity index (χ3v) is 6.42. The fraction of sp³-hybridized carbons (Fsp3) is 0.267. The minimum Gasteiger partial charge on any atom is -0.324 e. The summed E-state index contributed by atoms with van der Waals surface area (Å²) in [5, 5.41) is 2.30. The predicted octanol–water partition coefficient (Wildman–Crippen LogP) is 4.11. The zero-order chi connectivity index (χ0) is 13.8. The molecule has 0 saturated carbocycles. The van der Waals surface area contributed by atoms with Crippen molar-refractivity contribution < 1.29 is 4.79 Å². The minimum atomic E-state index is 0.221. The highest BCUT2D eigenvalue weighted by Crippen LogP contribution is 2.40. The third-order valence-electron chi connectivity index (χ3n) is 3.10. The number of hydrogen-bond acceptors (Lipinski definition) is 4. The number of amides is 1. The summed E-state index contributed by atoms with van der Waals surface area (Å²) in [7, 11) is 0. The van der Waals surface area contributed by atoms with E-state index in [0.29, 0.717) is 5.75 Å². The smallest absolute Gasteiger partial charge is 0.234 e. The summed E-state index contributed by atoms with van der Waals surface area (Å²) < 4.78 is 0. The molecule has 0 N–H and O–H groups in total. The van der Waals surface area contributed by atoms with E-state index in [0.717, 1.165) is 17.2 Å². The molecule has 1 aliphatic rings. The van der Waals surface area contributed by atoms with Gasteiger partial charge in [0.15, 0.2) is 0 Å². The maximum absolute atomic E-state index is 12.4. The molecule has 2 heterocycles. The van der Waals surface area contributed by atoms with Gasteiger partial charge in [-0.3, -0.25) is 4.79 Å². The van der Waals surface area contributed by atoms with E-state index in [1.165, 1.54) is 4.88 Å². The summed E-state index contributed by atoms with van der Waals surface area (Å²) in [5.74, 6) is 1.79. The second-order valence-electron chi connectivity index (χ2n) is 4.43. The number of carbonyl (C=O) groups is 1. The summed E-state index contributed by atoms with van der Waals surface area (Å²) in [6.07, 6.45) is 0. The van der Waals surface area contributed by atoms with Gasteiger partial charge in [0.1, 0.15) is 5.37 Å². The Balaban J connectivity index is 1.62. The fourth-order valence-corrected chi connectivity index (χ4v) is 5.20. The van der Waals surface area contributed by atoms with Crippen LogP contribution in [-0.4, -0.2) is 28.9 Å². The zero-order valence-corrected chi connectivity index (χ0v) is 13.3. The maximum atomic E-state index is 12.4. The molecule has 0 radical (unpaired) electrons. The van der Waals surface area contributed by atoms with Gasteiger partial charge in [-0.15, -0.1) is 34.9 Å². The Morgan fingerprint density at radius 3 is 2.85 bits per heavy atom. The lowest BCUT2D eigenvalue weighted by atomic mass is 10.4. The number of thiophene rings is 1. The van der Waals surface area contributed by atoms with Gasteiger partial charge in [0.05, 0.1) is 5.75 Å². The Labute approximate surface area is 131 Å². The van der Waals surface area contributed by atoms with Crippen LogP contribution in [-0.2, 0) is 4.79 Å². The molecule has 1 aromatic heterocycles. The van der Waals surface area contributed by atoms with Crippen molar-refractivity contribution in [2.75, 3.05) is 18.1 Å². The van der Waals surface area contributed by atoms with Crippen LogP contribution in [0.15, 0.2) is 52.7 Å². The van der Waals surface area contributed by atoms with Gasteiger partial charge >= 0.3 is 0 Å². The highest BCUT2D eigenvalue weighted by atomic mass is 32.2. The van der Waals surface area contributed by atoms with Crippen molar-refractivity contribution in [3.05, 3.63) is 52.7 Å². The second kappa shape index (κ2) is 6.70. The topological polar surface area (TPSA) is 20.3 Å². The van der Waals surface area contributed by atoms with Gasteiger partial charge in [-0.25, -0.2) is 0 Å². The molecule has 0 bridgehead atoms. The molecule has 1 unspecified atom stereocenters. The molecular weight excluding hydrogens is 306 g/mol. The number of thioether (sulfide) groups is 2. The second-order valence-corrected chi connectivity index (χ2v) is 7.64. The Kier molecular flexibility index (Phi) is 4.70. The summed E-state index contributed by atoms with van der Waals surface area (Å²) in [5.41, 5.74) is 0. The molecule has 1 atom stereocenters. The molecule has 3 rings (SSSR count). The number of benzene rings is 1. The lowest BCUT2D eigenvalue weighted by Gasteiger charge is -2.22. The molecular formula is C15H15NOS3. The van der Waals surface area contributed by atoms with Crippen molar-refractivity contribution in [3.63, 3.8) is 0 Å². The summed E-state index contributed by atoms with van der Waals surface area (Å²) in [6, 6.07) is 14.3. The fourth-order valence-electron chi connectivity index (χ4n) is 2.14. The highest BCUT2D eigenvalue weighted by molar-refractivity contribution is 8.00. The lowest BCUT2D eigenvalue weighted by molar-refractivity contribution is -0.128. The van der Waals surface area contributed by atoms with E-state index in [4.69, 9.17) is 0 Å². The summed E-state index contributed by atoms with van der Waals surface area (Å²) in [4.78, 5) is 16.9. The predicted molar refractivity (Wildman–Crippen MR) is 88.4 cm³/mol. The molecule has 2 aromatic rings. The molecule has 1 saturated heterocycles. The molecule has 1 fully saturated rings. The molecule has 0 spiro atoms. The third kappa shape index (κ3) is 3.22. The van der Waals surface area contributed by atoms with Crippen LogP contribution in [0.3, 0.4) is 0 Å². The number of rotatable bonds is 4. The first kappa shape index (κ1) is 14.0. The first-order valence-corrected chi connectivity index (χ1v) is 9.38. The van der Waals surface area contributed by atoms with Gasteiger partial charge in [0.25, 0.3) is 0 Å². The maximum Gasteiger partial charge on any atom is 0.234 e. The van der Waals surface area contributed by atoms with Crippen LogP contribution in [0.5, 0.6) is 0 Å². The molecule has 104 valence electrons. The number of hydrogen-bond donors (Lipinski definition) is 0. The van der Waals surface area contributed by atoms with Crippen LogP contribution in [0.1, 0.15) is 10.3 Å². The van der Waals surface area contributed by atoms with Crippen molar-refractivity contribution in [2.24, 2.45) is 0 Å². The number of carbonyl (C=O) groups excluding carboxylic acids is 1. The van der Waals surface area contributed by atoms with Gasteiger partial charge < -0.3 is 4.90 Å². The van der Waals surface area contributed by atoms with E-state index in [9.17, 15) is 4.79 Å². The van der Waals surface area contributed by atoms with E-state index in [2.05, 4.69) is 17.5 Å². The van der Waals surface area contributed by atoms with Crippen LogP contribution in [0.25, 0.3) is 0 Å². The standard InChI is InChI=1S/C15H15NOS3/c17-14(11-20-12-5-2-1-3-6-12)16-8-10-19-15(16)13-7-4-9-18-13/h1-7,9,15H,8,10-11H2. The van der Waals surface area contributed by atoms with Crippen LogP contribution < -0.4 is 0 Å². The first-order chi connectivity index (χ1) is 9.84. The monoisotopic (exact) mass is 321 g/mol. The average molecular weight is 321 g/mol. The van der Waals surface area contributed by atoms with Gasteiger partial charge in [0.2, 0.25) is 5.91 Å². The van der Waals surface area contributed by atoms with Crippen LogP contribution in [0.4, 0.5) is 0 Å². The van der Waals surface area contributed by atoms with Crippen molar-refractivity contribution in [3.8, 4) is 0 Å². The van der Waals surface area contributed by atoms with Crippen molar-refractivity contribution in [2.45, 2.75) is 10.3 Å². The molecule has 1 aromatic carbocycles. The SMILES string of the molecule is O=C(CSc1ccccc1)N1CCSC1c1cccs1. The van der Waals surface area contributed by atoms with Gasteiger partial charge in [0, 0.05) is 22.1 Å². The lowest BCUT2D eigenvalue weighted by Crippen LogP contribution is -2.31. The van der Waals surface area contributed by atoms with E-state index in [-0.39, 0.29) is 11.3 Å². The minimum absolute atomic E-state index is 0.221. The van der Waals surface area contributed by atoms with E-state index < -0.39 is 0 Å². The van der Waals surface area contributed by atoms with Crippen molar-refractivity contribution >= 4 is 40.8 Å². The first-order valence-electron chi connectivity index (χ1n) is 6.47. The average Bonchev–Trinajstić information content (AvgIpc) is 3.15. The molecule has 0 aliphatic carbocycles. The van der Waals surface area contributed by atoms with Crippen LogP contribution in [0, 0.1) is 0 Å². The Morgan fingerprint density at radius 2 is 2.10 bits per heavy atom. The van der Waals surface area contributed by atoms with Crippen molar-refractivity contribution in [1.29, 1.82) is 0 Å². The normalized spacial score (nSPS) is 18.4. The van der Waals surface area contributed by atoms with E-state index >= 15 is 0 Å². The van der Waals surface area contributed by atoms with E-state index in [1.54, 1.807) is 23.1 Å². The molecule has 2 nitrogen and oxygen atoms in total. The Hall–Kier alpha value is -0.910. The Morgan fingerprint density at radius 1 is 1.25 bits per heavy atom. The van der Waals surface area contributed by atoms with E-state index in [1.807, 2.05) is 47.0 Å². The largest absolute Gasteiger partial charge is 0.324 e. The van der Waals surface area contributed by atoms with Gasteiger partial charge in [-0.2, -0.15) is 0 Å². The zero-order valence-electron chi connectivity index (χ0n) is 10.9. The van der Waals surface area contributed by atoms with Crippen LogP contribution in [0.2, 0.25) is 0 Å². The van der Waals surface area contributed by atoms with Crippen LogP contribution >= 0.6 is 34.9 Å². The quantitative estimate of drug-likeness (QED) is 0.790. The molecule has 5 heteroatoms. The molecule has 1 amide bonds. The number of nitrogens with zero attached hydrogens (tertiary/aromatic N) is 1. The Bertz CT molecular complexity index is 556. The van der Waals surface area contributed by atoms with Crippen molar-refractivity contribution in [1.82, 2.24) is 4.90 Å². The van der Waals surface area contributed by atoms with Gasteiger partial charge in [-0.1, -0.05) is 24.3 Å². The summed E-state index contributed by atoms with van der Waals surface area (Å²) in [6.45, 7) is 0.863.